The maximum absolute atomic E-state index is 12.8. The van der Waals surface area contributed by atoms with E-state index < -0.39 is 6.10 Å². The Balaban J connectivity index is 1.69. The van der Waals surface area contributed by atoms with E-state index >= 15 is 0 Å². The molecule has 2 aromatic rings. The highest BCUT2D eigenvalue weighted by Gasteiger charge is 2.23. The normalized spacial score (nSPS) is 15.2. The van der Waals surface area contributed by atoms with Crippen molar-refractivity contribution in [1.29, 1.82) is 0 Å². The van der Waals surface area contributed by atoms with Crippen LogP contribution >= 0.6 is 0 Å². The number of para-hydroxylation sites is 2. The van der Waals surface area contributed by atoms with Crippen LogP contribution in [0.3, 0.4) is 0 Å². The van der Waals surface area contributed by atoms with Gasteiger partial charge < -0.3 is 19.7 Å². The summed E-state index contributed by atoms with van der Waals surface area (Å²) in [4.78, 5) is 27.0. The number of benzene rings is 2. The van der Waals surface area contributed by atoms with Gasteiger partial charge in [-0.1, -0.05) is 30.3 Å². The van der Waals surface area contributed by atoms with E-state index in [0.29, 0.717) is 43.3 Å². The third-order valence-electron chi connectivity index (χ3n) is 4.14. The minimum Gasteiger partial charge on any atom is -0.481 e. The lowest BCUT2D eigenvalue weighted by molar-refractivity contribution is -0.122. The molecule has 1 atom stereocenters. The number of rotatable bonds is 5. The fraction of sp³-hybridized carbons (Fsp3) is 0.300. The van der Waals surface area contributed by atoms with Gasteiger partial charge in [0.1, 0.15) is 5.75 Å². The molecule has 1 saturated heterocycles. The molecule has 0 spiro atoms. The van der Waals surface area contributed by atoms with E-state index in [9.17, 15) is 9.59 Å². The Morgan fingerprint density at radius 3 is 2.42 bits per heavy atom. The van der Waals surface area contributed by atoms with Gasteiger partial charge in [0.25, 0.3) is 11.8 Å². The summed E-state index contributed by atoms with van der Waals surface area (Å²) in [5.74, 6) is 0.199. The van der Waals surface area contributed by atoms with Crippen LogP contribution in [0.25, 0.3) is 0 Å². The molecule has 1 N–H and O–H groups in total. The Bertz CT molecular complexity index is 757. The minimum absolute atomic E-state index is 0.110. The quantitative estimate of drug-likeness (QED) is 0.896. The van der Waals surface area contributed by atoms with Crippen molar-refractivity contribution in [3.05, 3.63) is 60.2 Å². The predicted octanol–water partition coefficient (Wildman–Crippen LogP) is 2.57. The van der Waals surface area contributed by atoms with Gasteiger partial charge in [-0.3, -0.25) is 9.59 Å². The standard InChI is InChI=1S/C20H22N2O4/c1-15(26-16-7-3-2-4-8-16)19(23)21-18-10-6-5-9-17(18)20(24)22-11-13-25-14-12-22/h2-10,15H,11-14H2,1H3,(H,21,23)/t15-/m0/s1. The topological polar surface area (TPSA) is 67.9 Å². The average Bonchev–Trinajstić information content (AvgIpc) is 2.69. The van der Waals surface area contributed by atoms with E-state index in [1.807, 2.05) is 18.2 Å². The van der Waals surface area contributed by atoms with Gasteiger partial charge in [0, 0.05) is 13.1 Å². The molecule has 3 rings (SSSR count). The van der Waals surface area contributed by atoms with E-state index in [2.05, 4.69) is 5.32 Å². The zero-order valence-electron chi connectivity index (χ0n) is 14.7. The molecule has 0 radical (unpaired) electrons. The molecule has 0 saturated carbocycles. The van der Waals surface area contributed by atoms with E-state index in [1.165, 1.54) is 0 Å². The SMILES string of the molecule is C[C@H](Oc1ccccc1)C(=O)Nc1ccccc1C(=O)N1CCOCC1. The van der Waals surface area contributed by atoms with Crippen molar-refractivity contribution in [3.8, 4) is 5.75 Å². The van der Waals surface area contributed by atoms with Crippen LogP contribution in [-0.2, 0) is 9.53 Å². The maximum atomic E-state index is 12.8. The molecule has 0 unspecified atom stereocenters. The summed E-state index contributed by atoms with van der Waals surface area (Å²) in [5.41, 5.74) is 0.951. The van der Waals surface area contributed by atoms with Gasteiger partial charge in [0.2, 0.25) is 0 Å². The number of ether oxygens (including phenoxy) is 2. The summed E-state index contributed by atoms with van der Waals surface area (Å²) < 4.78 is 10.9. The summed E-state index contributed by atoms with van der Waals surface area (Å²) in [7, 11) is 0. The highest BCUT2D eigenvalue weighted by atomic mass is 16.5. The number of nitrogens with one attached hydrogen (secondary N) is 1. The lowest BCUT2D eigenvalue weighted by atomic mass is 10.1. The number of hydrogen-bond donors (Lipinski definition) is 1. The van der Waals surface area contributed by atoms with Crippen LogP contribution in [0.15, 0.2) is 54.6 Å². The van der Waals surface area contributed by atoms with Crippen LogP contribution in [0.1, 0.15) is 17.3 Å². The van der Waals surface area contributed by atoms with Crippen molar-refractivity contribution in [2.75, 3.05) is 31.6 Å². The fourth-order valence-corrected chi connectivity index (χ4v) is 2.71. The number of amides is 2. The second kappa shape index (κ2) is 8.49. The maximum Gasteiger partial charge on any atom is 0.265 e. The second-order valence-electron chi connectivity index (χ2n) is 6.01. The summed E-state index contributed by atoms with van der Waals surface area (Å²) in [6, 6.07) is 16.2. The molecule has 2 aromatic carbocycles. The van der Waals surface area contributed by atoms with Crippen molar-refractivity contribution in [2.24, 2.45) is 0 Å². The van der Waals surface area contributed by atoms with Crippen LogP contribution in [0.5, 0.6) is 5.75 Å². The van der Waals surface area contributed by atoms with Gasteiger partial charge in [-0.05, 0) is 31.2 Å². The summed E-state index contributed by atoms with van der Waals surface area (Å²) in [6.07, 6.45) is -0.691. The predicted molar refractivity (Wildman–Crippen MR) is 98.3 cm³/mol. The van der Waals surface area contributed by atoms with Gasteiger partial charge in [-0.15, -0.1) is 0 Å². The Labute approximate surface area is 152 Å². The van der Waals surface area contributed by atoms with Crippen LogP contribution in [0.2, 0.25) is 0 Å². The third kappa shape index (κ3) is 4.40. The highest BCUT2D eigenvalue weighted by Crippen LogP contribution is 2.19. The Hall–Kier alpha value is -2.86. The van der Waals surface area contributed by atoms with Gasteiger partial charge in [-0.2, -0.15) is 0 Å². The largest absolute Gasteiger partial charge is 0.481 e. The molecule has 0 bridgehead atoms. The van der Waals surface area contributed by atoms with Gasteiger partial charge in [0.05, 0.1) is 24.5 Å². The van der Waals surface area contributed by atoms with Gasteiger partial charge in [-0.25, -0.2) is 0 Å². The summed E-state index contributed by atoms with van der Waals surface area (Å²) >= 11 is 0. The van der Waals surface area contributed by atoms with Crippen molar-refractivity contribution in [3.63, 3.8) is 0 Å². The number of anilines is 1. The van der Waals surface area contributed by atoms with Crippen molar-refractivity contribution in [2.45, 2.75) is 13.0 Å². The van der Waals surface area contributed by atoms with E-state index in [-0.39, 0.29) is 11.8 Å². The first-order valence-electron chi connectivity index (χ1n) is 8.64. The van der Waals surface area contributed by atoms with Crippen molar-refractivity contribution in [1.82, 2.24) is 4.90 Å². The lowest BCUT2D eigenvalue weighted by Gasteiger charge is -2.27. The molecule has 0 aliphatic carbocycles. The molecular formula is C20H22N2O4. The number of hydrogen-bond acceptors (Lipinski definition) is 4. The summed E-state index contributed by atoms with van der Waals surface area (Å²) in [5, 5.41) is 2.81. The smallest absolute Gasteiger partial charge is 0.265 e. The second-order valence-corrected chi connectivity index (χ2v) is 6.01. The highest BCUT2D eigenvalue weighted by molar-refractivity contribution is 6.04. The first-order valence-corrected chi connectivity index (χ1v) is 8.64. The minimum atomic E-state index is -0.691. The zero-order valence-corrected chi connectivity index (χ0v) is 14.7. The first-order chi connectivity index (χ1) is 12.6. The molecule has 6 heteroatoms. The van der Waals surface area contributed by atoms with Crippen LogP contribution in [0.4, 0.5) is 5.69 Å². The van der Waals surface area contributed by atoms with Crippen molar-refractivity contribution >= 4 is 17.5 Å². The molecule has 1 heterocycles. The Morgan fingerprint density at radius 2 is 1.69 bits per heavy atom. The molecule has 1 aliphatic heterocycles. The van der Waals surface area contributed by atoms with E-state index in [4.69, 9.17) is 9.47 Å². The third-order valence-corrected chi connectivity index (χ3v) is 4.14. The summed E-state index contributed by atoms with van der Waals surface area (Å²) in [6.45, 7) is 3.84. The lowest BCUT2D eigenvalue weighted by Crippen LogP contribution is -2.41. The number of carbonyl (C=O) groups excluding carboxylic acids is 2. The number of nitrogens with zero attached hydrogens (tertiary/aromatic N) is 1. The number of morpholine rings is 1. The average molecular weight is 354 g/mol. The molecule has 0 aromatic heterocycles. The Kier molecular flexibility index (Phi) is 5.86. The molecule has 1 fully saturated rings. The Morgan fingerprint density at radius 1 is 1.04 bits per heavy atom. The van der Waals surface area contributed by atoms with E-state index in [1.54, 1.807) is 48.2 Å². The van der Waals surface area contributed by atoms with Crippen LogP contribution in [-0.4, -0.2) is 49.1 Å². The van der Waals surface area contributed by atoms with E-state index in [0.717, 1.165) is 0 Å². The van der Waals surface area contributed by atoms with Crippen LogP contribution < -0.4 is 10.1 Å². The molecule has 2 amide bonds. The zero-order chi connectivity index (χ0) is 18.4. The first kappa shape index (κ1) is 17.9. The fourth-order valence-electron chi connectivity index (χ4n) is 2.71. The molecule has 1 aliphatic rings. The van der Waals surface area contributed by atoms with Gasteiger partial charge in [0.15, 0.2) is 6.10 Å². The molecule has 136 valence electrons. The van der Waals surface area contributed by atoms with Crippen molar-refractivity contribution < 1.29 is 19.1 Å². The van der Waals surface area contributed by atoms with Crippen LogP contribution in [0, 0.1) is 0 Å². The monoisotopic (exact) mass is 354 g/mol. The van der Waals surface area contributed by atoms with Gasteiger partial charge >= 0.3 is 0 Å². The molecule has 6 nitrogen and oxygen atoms in total. The molecular weight excluding hydrogens is 332 g/mol. The molecule has 26 heavy (non-hydrogen) atoms. The number of carbonyl (C=O) groups is 2.